The van der Waals surface area contributed by atoms with E-state index in [9.17, 15) is 9.90 Å². The zero-order valence-corrected chi connectivity index (χ0v) is 12.4. The molecule has 0 heterocycles. The van der Waals surface area contributed by atoms with Crippen molar-refractivity contribution in [3.63, 3.8) is 0 Å². The van der Waals surface area contributed by atoms with Gasteiger partial charge >= 0.3 is 0 Å². The van der Waals surface area contributed by atoms with Gasteiger partial charge in [-0.2, -0.15) is 0 Å². The number of carbonyl (C=O) groups excluding carboxylic acids is 1. The number of benzene rings is 2. The first-order chi connectivity index (χ1) is 10.0. The summed E-state index contributed by atoms with van der Waals surface area (Å²) in [7, 11) is 1.77. The molecule has 2 aromatic rings. The summed E-state index contributed by atoms with van der Waals surface area (Å²) in [6.45, 7) is 0. The monoisotopic (exact) mass is 304 g/mol. The van der Waals surface area contributed by atoms with E-state index in [4.69, 9.17) is 17.3 Å². The highest BCUT2D eigenvalue weighted by Crippen LogP contribution is 2.33. The van der Waals surface area contributed by atoms with E-state index in [1.165, 1.54) is 0 Å². The minimum atomic E-state index is -1.34. The highest BCUT2D eigenvalue weighted by molar-refractivity contribution is 6.33. The van der Waals surface area contributed by atoms with Gasteiger partial charge in [-0.1, -0.05) is 54.1 Å². The molecule has 2 unspecified atom stereocenters. The quantitative estimate of drug-likeness (QED) is 0.891. The molecule has 4 nitrogen and oxygen atoms in total. The molecule has 0 bridgehead atoms. The molecular weight excluding hydrogens is 288 g/mol. The van der Waals surface area contributed by atoms with Crippen LogP contribution in [0.2, 0.25) is 5.02 Å². The molecule has 0 fully saturated rings. The third kappa shape index (κ3) is 3.35. The second-order valence-corrected chi connectivity index (χ2v) is 5.17. The highest BCUT2D eigenvalue weighted by Gasteiger charge is 2.30. The van der Waals surface area contributed by atoms with Crippen molar-refractivity contribution in [3.05, 3.63) is 65.2 Å². The van der Waals surface area contributed by atoms with Crippen LogP contribution in [-0.4, -0.2) is 24.2 Å². The zero-order valence-electron chi connectivity index (χ0n) is 11.6. The number of likely N-dealkylation sites (N-methyl/N-ethyl adjacent to an activating group) is 1. The molecule has 3 N–H and O–H groups in total. The van der Waals surface area contributed by atoms with Crippen molar-refractivity contribution in [1.82, 2.24) is 0 Å². The van der Waals surface area contributed by atoms with Crippen LogP contribution in [0.3, 0.4) is 0 Å². The van der Waals surface area contributed by atoms with Gasteiger partial charge in [-0.3, -0.25) is 4.79 Å². The van der Waals surface area contributed by atoms with Crippen LogP contribution in [-0.2, 0) is 4.79 Å². The van der Waals surface area contributed by atoms with Gasteiger partial charge in [-0.25, -0.2) is 0 Å². The van der Waals surface area contributed by atoms with Crippen LogP contribution >= 0.6 is 11.6 Å². The average Bonchev–Trinajstić information content (AvgIpc) is 2.48. The fourth-order valence-corrected chi connectivity index (χ4v) is 2.58. The molecule has 110 valence electrons. The number of carbonyl (C=O) groups is 1. The van der Waals surface area contributed by atoms with Crippen LogP contribution in [0.25, 0.3) is 0 Å². The predicted octanol–water partition coefficient (Wildman–Crippen LogP) is 2.36. The molecule has 21 heavy (non-hydrogen) atoms. The van der Waals surface area contributed by atoms with Crippen LogP contribution in [0.5, 0.6) is 0 Å². The van der Waals surface area contributed by atoms with Crippen LogP contribution in [0.15, 0.2) is 54.6 Å². The first-order valence-corrected chi connectivity index (χ1v) is 6.90. The Labute approximate surface area is 128 Å². The minimum absolute atomic E-state index is 0.539. The van der Waals surface area contributed by atoms with Crippen molar-refractivity contribution < 1.29 is 9.90 Å². The molecule has 0 aliphatic carbocycles. The molecule has 0 aliphatic heterocycles. The number of aliphatic hydroxyl groups is 1. The minimum Gasteiger partial charge on any atom is -0.381 e. The SMILES string of the molecule is CN(c1ccccc1Cl)C(c1ccccc1)C(O)C(N)=O. The second-order valence-electron chi connectivity index (χ2n) is 4.77. The number of hydrogen-bond acceptors (Lipinski definition) is 3. The van der Waals surface area contributed by atoms with Gasteiger partial charge in [0.25, 0.3) is 0 Å². The molecule has 2 rings (SSSR count). The third-order valence-electron chi connectivity index (χ3n) is 3.38. The molecule has 0 aromatic heterocycles. The van der Waals surface area contributed by atoms with Gasteiger partial charge in [0.1, 0.15) is 0 Å². The summed E-state index contributed by atoms with van der Waals surface area (Å²) in [6.07, 6.45) is -1.34. The summed E-state index contributed by atoms with van der Waals surface area (Å²) in [5, 5.41) is 10.7. The highest BCUT2D eigenvalue weighted by atomic mass is 35.5. The van der Waals surface area contributed by atoms with Crippen LogP contribution in [0.1, 0.15) is 11.6 Å². The Morgan fingerprint density at radius 2 is 1.71 bits per heavy atom. The first kappa shape index (κ1) is 15.4. The summed E-state index contributed by atoms with van der Waals surface area (Å²) in [5.41, 5.74) is 6.78. The van der Waals surface area contributed by atoms with E-state index >= 15 is 0 Å². The van der Waals surface area contributed by atoms with Crippen molar-refractivity contribution in [1.29, 1.82) is 0 Å². The summed E-state index contributed by atoms with van der Waals surface area (Å²) in [6, 6.07) is 15.9. The standard InChI is InChI=1S/C16H17ClN2O2/c1-19(13-10-6-5-9-12(13)17)14(15(20)16(18)21)11-7-3-2-4-8-11/h2-10,14-15,20H,1H3,(H2,18,21). The first-order valence-electron chi connectivity index (χ1n) is 6.52. The lowest BCUT2D eigenvalue weighted by Crippen LogP contribution is -2.42. The normalized spacial score (nSPS) is 13.5. The molecule has 0 saturated heterocycles. The van der Waals surface area contributed by atoms with Crippen molar-refractivity contribution in [3.8, 4) is 0 Å². The topological polar surface area (TPSA) is 66.6 Å². The molecule has 0 radical (unpaired) electrons. The number of para-hydroxylation sites is 1. The Hall–Kier alpha value is -2.04. The summed E-state index contributed by atoms with van der Waals surface area (Å²) >= 11 is 6.20. The Morgan fingerprint density at radius 3 is 2.29 bits per heavy atom. The van der Waals surface area contributed by atoms with Gasteiger partial charge in [0.2, 0.25) is 5.91 Å². The van der Waals surface area contributed by atoms with Gasteiger partial charge in [-0.15, -0.1) is 0 Å². The maximum absolute atomic E-state index is 11.4. The molecule has 0 spiro atoms. The predicted molar refractivity (Wildman–Crippen MR) is 84.2 cm³/mol. The number of aliphatic hydroxyl groups excluding tert-OH is 1. The van der Waals surface area contributed by atoms with E-state index in [0.29, 0.717) is 10.7 Å². The second kappa shape index (κ2) is 6.61. The van der Waals surface area contributed by atoms with Gasteiger partial charge in [0.15, 0.2) is 6.10 Å². The number of nitrogens with zero attached hydrogens (tertiary/aromatic N) is 1. The molecule has 5 heteroatoms. The third-order valence-corrected chi connectivity index (χ3v) is 3.70. The lowest BCUT2D eigenvalue weighted by Gasteiger charge is -2.33. The number of halogens is 1. The van der Waals surface area contributed by atoms with Crippen molar-refractivity contribution >= 4 is 23.2 Å². The average molecular weight is 305 g/mol. The van der Waals surface area contributed by atoms with E-state index < -0.39 is 18.1 Å². The Kier molecular flexibility index (Phi) is 4.83. The van der Waals surface area contributed by atoms with Gasteiger partial charge in [0, 0.05) is 7.05 Å². The summed E-state index contributed by atoms with van der Waals surface area (Å²) in [5.74, 6) is -0.775. The van der Waals surface area contributed by atoms with Gasteiger partial charge in [-0.05, 0) is 17.7 Å². The Bertz CT molecular complexity index is 619. The number of nitrogens with two attached hydrogens (primary N) is 1. The van der Waals surface area contributed by atoms with E-state index in [1.807, 2.05) is 48.5 Å². The van der Waals surface area contributed by atoms with Crippen molar-refractivity contribution in [2.45, 2.75) is 12.1 Å². The number of hydrogen-bond donors (Lipinski definition) is 2. The zero-order chi connectivity index (χ0) is 15.4. The van der Waals surface area contributed by atoms with Gasteiger partial charge < -0.3 is 15.7 Å². The lowest BCUT2D eigenvalue weighted by atomic mass is 9.99. The molecule has 2 atom stereocenters. The van der Waals surface area contributed by atoms with Crippen molar-refractivity contribution in [2.24, 2.45) is 5.73 Å². The van der Waals surface area contributed by atoms with Crippen LogP contribution < -0.4 is 10.6 Å². The molecule has 0 aliphatic rings. The Balaban J connectivity index is 2.45. The fraction of sp³-hybridized carbons (Fsp3) is 0.188. The number of primary amides is 1. The van der Waals surface area contributed by atoms with Crippen LogP contribution in [0, 0.1) is 0 Å². The lowest BCUT2D eigenvalue weighted by molar-refractivity contribution is -0.127. The van der Waals surface area contributed by atoms with Crippen LogP contribution in [0.4, 0.5) is 5.69 Å². The molecule has 2 aromatic carbocycles. The summed E-state index contributed by atoms with van der Waals surface area (Å²) < 4.78 is 0. The van der Waals surface area contributed by atoms with E-state index in [1.54, 1.807) is 18.0 Å². The summed E-state index contributed by atoms with van der Waals surface area (Å²) in [4.78, 5) is 13.2. The smallest absolute Gasteiger partial charge is 0.248 e. The maximum atomic E-state index is 11.4. The van der Waals surface area contributed by atoms with Crippen molar-refractivity contribution in [2.75, 3.05) is 11.9 Å². The molecular formula is C16H17ClN2O2. The van der Waals surface area contributed by atoms with E-state index in [-0.39, 0.29) is 0 Å². The fourth-order valence-electron chi connectivity index (χ4n) is 2.31. The Morgan fingerprint density at radius 1 is 1.14 bits per heavy atom. The maximum Gasteiger partial charge on any atom is 0.248 e. The number of anilines is 1. The number of amides is 1. The van der Waals surface area contributed by atoms with E-state index in [2.05, 4.69) is 0 Å². The van der Waals surface area contributed by atoms with E-state index in [0.717, 1.165) is 5.56 Å². The number of rotatable bonds is 5. The largest absolute Gasteiger partial charge is 0.381 e. The van der Waals surface area contributed by atoms with Gasteiger partial charge in [0.05, 0.1) is 16.8 Å². The molecule has 0 saturated carbocycles. The molecule has 1 amide bonds.